The quantitative estimate of drug-likeness (QED) is 0.0169. The highest BCUT2D eigenvalue weighted by molar-refractivity contribution is 7.47. The number of aliphatic hydroxyl groups excluding tert-OH is 1. The molecule has 0 spiro atoms. The van der Waals surface area contributed by atoms with Crippen molar-refractivity contribution in [3.05, 3.63) is 24.3 Å². The van der Waals surface area contributed by atoms with E-state index >= 15 is 0 Å². The minimum absolute atomic E-state index is 0.0835. The van der Waals surface area contributed by atoms with Crippen molar-refractivity contribution in [2.45, 2.75) is 330 Å². The highest BCUT2D eigenvalue weighted by atomic mass is 31.2. The average Bonchev–Trinajstić information content (AvgIpc) is 3.70. The van der Waals surface area contributed by atoms with Gasteiger partial charge in [0.1, 0.15) is 19.3 Å². The maximum atomic E-state index is 13.0. The molecule has 0 heterocycles. The van der Waals surface area contributed by atoms with Gasteiger partial charge in [0.05, 0.1) is 26.4 Å². The summed E-state index contributed by atoms with van der Waals surface area (Å²) in [7, 11) is -9.91. The number of aliphatic hydroxyl groups is 1. The molecule has 6 atom stereocenters. The Kier molecular flexibility index (Phi) is 57.0. The Hall–Kier alpha value is -2.46. The Morgan fingerprint density at radius 1 is 0.379 bits per heavy atom. The van der Waals surface area contributed by atoms with E-state index in [1.54, 1.807) is 0 Å². The van der Waals surface area contributed by atoms with Gasteiger partial charge < -0.3 is 33.8 Å². The summed E-state index contributed by atoms with van der Waals surface area (Å²) in [6, 6.07) is 0. The summed E-state index contributed by atoms with van der Waals surface area (Å²) in [5, 5.41) is 10.6. The largest absolute Gasteiger partial charge is 0.472 e. The van der Waals surface area contributed by atoms with E-state index < -0.39 is 97.5 Å². The third kappa shape index (κ3) is 60.9. The van der Waals surface area contributed by atoms with Crippen LogP contribution in [0.3, 0.4) is 0 Å². The highest BCUT2D eigenvalue weighted by Crippen LogP contribution is 2.45. The van der Waals surface area contributed by atoms with Crippen molar-refractivity contribution in [3.8, 4) is 0 Å². The van der Waals surface area contributed by atoms with E-state index in [1.165, 1.54) is 96.3 Å². The summed E-state index contributed by atoms with van der Waals surface area (Å²) in [6.07, 6.45) is 44.1. The molecule has 3 N–H and O–H groups in total. The van der Waals surface area contributed by atoms with Crippen LogP contribution in [-0.2, 0) is 65.4 Å². The van der Waals surface area contributed by atoms with Crippen LogP contribution in [0.4, 0.5) is 0 Å². The van der Waals surface area contributed by atoms with Crippen LogP contribution >= 0.6 is 15.6 Å². The van der Waals surface area contributed by atoms with Crippen molar-refractivity contribution < 1.29 is 80.2 Å². The smallest absolute Gasteiger partial charge is 0.462 e. The van der Waals surface area contributed by atoms with E-state index in [9.17, 15) is 43.2 Å². The van der Waals surface area contributed by atoms with Crippen LogP contribution in [0.2, 0.25) is 0 Å². The Labute approximate surface area is 529 Å². The van der Waals surface area contributed by atoms with E-state index in [0.29, 0.717) is 31.6 Å². The van der Waals surface area contributed by atoms with Gasteiger partial charge in [-0.05, 0) is 69.1 Å². The lowest BCUT2D eigenvalue weighted by Crippen LogP contribution is -2.30. The molecule has 0 rings (SSSR count). The molecular formula is C68H128O17P2. The lowest BCUT2D eigenvalue weighted by atomic mass is 10.00. The number of hydrogen-bond donors (Lipinski definition) is 3. The van der Waals surface area contributed by atoms with E-state index in [1.807, 2.05) is 0 Å². The van der Waals surface area contributed by atoms with Crippen molar-refractivity contribution in [3.63, 3.8) is 0 Å². The van der Waals surface area contributed by atoms with Gasteiger partial charge in [-0.1, -0.05) is 259 Å². The monoisotopic (exact) mass is 1280 g/mol. The van der Waals surface area contributed by atoms with Crippen LogP contribution in [-0.4, -0.2) is 96.7 Å². The van der Waals surface area contributed by atoms with E-state index in [-0.39, 0.29) is 25.7 Å². The number of unbranched alkanes of at least 4 members (excludes halogenated alkanes) is 28. The van der Waals surface area contributed by atoms with Crippen LogP contribution in [0.5, 0.6) is 0 Å². The summed E-state index contributed by atoms with van der Waals surface area (Å²) in [5.74, 6) is -0.00819. The standard InChI is InChI=1S/C68H128O17P2/c1-8-10-11-12-13-14-15-16-17-18-19-23-26-37-44-51-67(72)85-64(56-79-66(71)50-43-36-31-29-34-41-48-61(7)9-2)58-83-87(76,77)81-54-62(69)53-80-86(74,75)82-57-63(55-78-65(70)49-42-35-30-28-33-40-47-60(5)6)84-68(73)52-45-38-27-24-21-20-22-25-32-39-46-59(3)4/h14-17,59-64,69H,8-13,18-58H2,1-7H3,(H,74,75)(H,76,77)/b15-14-,17-16-/t61?,62-,63+,64+/m0/s1. The topological polar surface area (TPSA) is 237 Å². The molecule has 0 aliphatic carbocycles. The summed E-state index contributed by atoms with van der Waals surface area (Å²) in [5.41, 5.74) is 0. The zero-order valence-electron chi connectivity index (χ0n) is 56.0. The SMILES string of the molecule is CCCCCC/C=C\C=C/CCCCCCCC(=O)O[C@H](COC(=O)CCCCCCCCC(C)CC)COP(=O)(O)OC[C@@H](O)COP(=O)(O)OC[C@@H](COC(=O)CCCCCCCCC(C)C)OC(=O)CCCCCCCCCCCCC(C)C. The first-order valence-electron chi connectivity index (χ1n) is 34.7. The Morgan fingerprint density at radius 2 is 0.678 bits per heavy atom. The molecule has 512 valence electrons. The van der Waals surface area contributed by atoms with Gasteiger partial charge in [-0.2, -0.15) is 0 Å². The van der Waals surface area contributed by atoms with E-state index in [2.05, 4.69) is 72.8 Å². The zero-order valence-corrected chi connectivity index (χ0v) is 57.7. The minimum Gasteiger partial charge on any atom is -0.462 e. The first kappa shape index (κ1) is 84.5. The molecule has 0 aliphatic rings. The molecular weight excluding hydrogens is 1150 g/mol. The summed E-state index contributed by atoms with van der Waals surface area (Å²) < 4.78 is 68.1. The minimum atomic E-state index is -4.96. The van der Waals surface area contributed by atoms with Crippen molar-refractivity contribution >= 4 is 39.5 Å². The van der Waals surface area contributed by atoms with Crippen LogP contribution in [0.1, 0.15) is 312 Å². The molecule has 0 aromatic rings. The fourth-order valence-corrected chi connectivity index (χ4v) is 11.2. The number of phosphoric ester groups is 2. The number of allylic oxidation sites excluding steroid dienone is 4. The zero-order chi connectivity index (χ0) is 64.5. The predicted molar refractivity (Wildman–Crippen MR) is 349 cm³/mol. The van der Waals surface area contributed by atoms with Crippen molar-refractivity contribution in [1.82, 2.24) is 0 Å². The number of ether oxygens (including phenoxy) is 4. The average molecular weight is 1280 g/mol. The van der Waals surface area contributed by atoms with Crippen LogP contribution in [0, 0.1) is 17.8 Å². The number of hydrogen-bond acceptors (Lipinski definition) is 15. The number of carbonyl (C=O) groups excluding carboxylic acids is 4. The molecule has 0 saturated heterocycles. The number of esters is 4. The van der Waals surface area contributed by atoms with Gasteiger partial charge in [-0.25, -0.2) is 9.13 Å². The maximum absolute atomic E-state index is 13.0. The summed E-state index contributed by atoms with van der Waals surface area (Å²) in [6.45, 7) is 11.6. The van der Waals surface area contributed by atoms with Gasteiger partial charge in [-0.3, -0.25) is 37.3 Å². The molecule has 0 aliphatic heterocycles. The fraction of sp³-hybridized carbons (Fsp3) is 0.882. The number of phosphoric acid groups is 2. The van der Waals surface area contributed by atoms with Crippen LogP contribution in [0.15, 0.2) is 24.3 Å². The van der Waals surface area contributed by atoms with Crippen LogP contribution < -0.4 is 0 Å². The van der Waals surface area contributed by atoms with Gasteiger partial charge in [0, 0.05) is 25.7 Å². The van der Waals surface area contributed by atoms with Crippen molar-refractivity contribution in [2.75, 3.05) is 39.6 Å². The van der Waals surface area contributed by atoms with E-state index in [0.717, 1.165) is 127 Å². The highest BCUT2D eigenvalue weighted by Gasteiger charge is 2.30. The summed E-state index contributed by atoms with van der Waals surface area (Å²) >= 11 is 0. The fourth-order valence-electron chi connectivity index (χ4n) is 9.61. The molecule has 0 amide bonds. The second kappa shape index (κ2) is 58.6. The Morgan fingerprint density at radius 3 is 1.02 bits per heavy atom. The molecule has 0 bridgehead atoms. The number of carbonyl (C=O) groups is 4. The van der Waals surface area contributed by atoms with Crippen LogP contribution in [0.25, 0.3) is 0 Å². The Balaban J connectivity index is 5.28. The number of rotatable bonds is 64. The molecule has 3 unspecified atom stereocenters. The van der Waals surface area contributed by atoms with Gasteiger partial charge in [-0.15, -0.1) is 0 Å². The third-order valence-corrected chi connectivity index (χ3v) is 17.3. The normalized spacial score (nSPS) is 14.8. The molecule has 0 fully saturated rings. The second-order valence-corrected chi connectivity index (χ2v) is 28.0. The molecule has 0 saturated carbocycles. The van der Waals surface area contributed by atoms with Gasteiger partial charge in [0.15, 0.2) is 12.2 Å². The first-order chi connectivity index (χ1) is 41.8. The molecule has 17 nitrogen and oxygen atoms in total. The lowest BCUT2D eigenvalue weighted by Gasteiger charge is -2.21. The van der Waals surface area contributed by atoms with Crippen molar-refractivity contribution in [2.24, 2.45) is 17.8 Å². The van der Waals surface area contributed by atoms with Gasteiger partial charge in [0.2, 0.25) is 0 Å². The van der Waals surface area contributed by atoms with E-state index in [4.69, 9.17) is 37.0 Å². The molecule has 87 heavy (non-hydrogen) atoms. The lowest BCUT2D eigenvalue weighted by molar-refractivity contribution is -0.161. The molecule has 0 aromatic carbocycles. The predicted octanol–water partition coefficient (Wildman–Crippen LogP) is 18.6. The summed E-state index contributed by atoms with van der Waals surface area (Å²) in [4.78, 5) is 72.4. The van der Waals surface area contributed by atoms with Gasteiger partial charge >= 0.3 is 39.5 Å². The molecule has 0 radical (unpaired) electrons. The molecule has 19 heteroatoms. The molecule has 0 aromatic heterocycles. The first-order valence-corrected chi connectivity index (χ1v) is 37.7. The maximum Gasteiger partial charge on any atom is 0.472 e. The second-order valence-electron chi connectivity index (χ2n) is 25.1. The van der Waals surface area contributed by atoms with Gasteiger partial charge in [0.25, 0.3) is 0 Å². The third-order valence-electron chi connectivity index (χ3n) is 15.4. The van der Waals surface area contributed by atoms with Crippen molar-refractivity contribution in [1.29, 1.82) is 0 Å². The Bertz CT molecular complexity index is 1810.